The maximum atomic E-state index is 13.0. The summed E-state index contributed by atoms with van der Waals surface area (Å²) in [7, 11) is -4.63. The van der Waals surface area contributed by atoms with Crippen molar-refractivity contribution in [2.45, 2.75) is 13.1 Å². The molecule has 0 saturated carbocycles. The van der Waals surface area contributed by atoms with Gasteiger partial charge in [0.2, 0.25) is 0 Å². The van der Waals surface area contributed by atoms with E-state index in [-0.39, 0.29) is 21.2 Å². The normalized spacial score (nSPS) is 16.7. The number of sulfonamides is 1. The molecule has 1 N–H and O–H groups in total. The molecule has 25 heavy (non-hydrogen) atoms. The van der Waals surface area contributed by atoms with Crippen molar-refractivity contribution in [3.8, 4) is 0 Å². The zero-order valence-electron chi connectivity index (χ0n) is 12.9. The lowest BCUT2D eigenvalue weighted by molar-refractivity contribution is -0.117. The summed E-state index contributed by atoms with van der Waals surface area (Å²) in [5.41, 5.74) is 0.108. The summed E-state index contributed by atoms with van der Waals surface area (Å²) in [5.74, 6) is -0.664. The first-order chi connectivity index (χ1) is 11.6. The first-order valence-electron chi connectivity index (χ1n) is 7.17. The van der Waals surface area contributed by atoms with Gasteiger partial charge in [-0.2, -0.15) is 13.2 Å². The van der Waals surface area contributed by atoms with Crippen LogP contribution in [0.15, 0.2) is 42.6 Å². The fraction of sp³-hybridized carbons (Fsp3) is 0.188. The molecule has 1 aliphatic heterocycles. The molecule has 0 atom stereocenters. The van der Waals surface area contributed by atoms with E-state index < -0.39 is 33.4 Å². The minimum absolute atomic E-state index is 0.128. The number of nitrogens with zero attached hydrogens (tertiary/aromatic N) is 2. The molecule has 2 aromatic rings. The Bertz CT molecular complexity index is 969. The fourth-order valence-electron chi connectivity index (χ4n) is 2.68. The van der Waals surface area contributed by atoms with E-state index in [1.807, 2.05) is 0 Å². The fourth-order valence-corrected chi connectivity index (χ4v) is 4.47. The van der Waals surface area contributed by atoms with Gasteiger partial charge in [0.05, 0.1) is 5.69 Å². The van der Waals surface area contributed by atoms with E-state index in [4.69, 9.17) is 0 Å². The average molecular weight is 370 g/mol. The van der Waals surface area contributed by atoms with Gasteiger partial charge in [-0.25, -0.2) is 8.42 Å². The number of aliphatic hydroxyl groups is 1. The van der Waals surface area contributed by atoms with E-state index in [1.54, 1.807) is 25.1 Å². The average Bonchev–Trinajstić information content (AvgIpc) is 2.52. The summed E-state index contributed by atoms with van der Waals surface area (Å²) in [6, 6.07) is 8.72. The van der Waals surface area contributed by atoms with Crippen molar-refractivity contribution in [2.75, 3.05) is 10.8 Å². The molecule has 9 heteroatoms. The van der Waals surface area contributed by atoms with Gasteiger partial charge in [0.15, 0.2) is 5.76 Å². The standard InChI is InChI=1S/C16H13F3N2O3S/c1-10-5-2-3-6-11(10)15-14(22)13-12(7-4-8-20-13)21(25(15,23)24)9-16(17,18)19/h2-8,22H,9H2,1H3. The molecule has 0 amide bonds. The number of pyridine rings is 1. The minimum Gasteiger partial charge on any atom is -0.504 e. The smallest absolute Gasteiger partial charge is 0.407 e. The number of halogens is 3. The monoisotopic (exact) mass is 370 g/mol. The highest BCUT2D eigenvalue weighted by atomic mass is 32.2. The summed E-state index contributed by atoms with van der Waals surface area (Å²) >= 11 is 0. The maximum absolute atomic E-state index is 13.0. The molecular formula is C16H13F3N2O3S. The highest BCUT2D eigenvalue weighted by Gasteiger charge is 2.44. The number of aromatic nitrogens is 1. The van der Waals surface area contributed by atoms with E-state index in [1.165, 1.54) is 24.4 Å². The first-order valence-corrected chi connectivity index (χ1v) is 8.61. The van der Waals surface area contributed by atoms with Crippen LogP contribution in [0.3, 0.4) is 0 Å². The SMILES string of the molecule is Cc1ccccc1C1=C(O)c2ncccc2N(CC(F)(F)F)S1(=O)=O. The van der Waals surface area contributed by atoms with Crippen LogP contribution in [-0.4, -0.2) is 31.2 Å². The second-order valence-corrected chi connectivity index (χ2v) is 7.29. The van der Waals surface area contributed by atoms with Crippen LogP contribution < -0.4 is 4.31 Å². The highest BCUT2D eigenvalue weighted by Crippen LogP contribution is 2.43. The molecule has 0 fully saturated rings. The lowest BCUT2D eigenvalue weighted by Gasteiger charge is -2.32. The Labute approximate surface area is 142 Å². The number of hydrogen-bond donors (Lipinski definition) is 1. The van der Waals surface area contributed by atoms with Crippen molar-refractivity contribution in [2.24, 2.45) is 0 Å². The van der Waals surface area contributed by atoms with Gasteiger partial charge in [0.1, 0.15) is 17.1 Å². The molecule has 132 valence electrons. The van der Waals surface area contributed by atoms with E-state index >= 15 is 0 Å². The minimum atomic E-state index is -4.76. The quantitative estimate of drug-likeness (QED) is 0.879. The second kappa shape index (κ2) is 5.76. The van der Waals surface area contributed by atoms with Gasteiger partial charge < -0.3 is 5.11 Å². The number of hydrogen-bond acceptors (Lipinski definition) is 4. The van der Waals surface area contributed by atoms with Gasteiger partial charge in [-0.1, -0.05) is 24.3 Å². The van der Waals surface area contributed by atoms with Crippen molar-refractivity contribution in [3.05, 3.63) is 59.4 Å². The number of rotatable bonds is 2. The van der Waals surface area contributed by atoms with Crippen molar-refractivity contribution < 1.29 is 26.7 Å². The van der Waals surface area contributed by atoms with Gasteiger partial charge >= 0.3 is 6.18 Å². The molecular weight excluding hydrogens is 357 g/mol. The van der Waals surface area contributed by atoms with E-state index in [0.717, 1.165) is 0 Å². The summed E-state index contributed by atoms with van der Waals surface area (Å²) < 4.78 is 65.0. The lowest BCUT2D eigenvalue weighted by Crippen LogP contribution is -2.42. The Morgan fingerprint density at radius 1 is 1.16 bits per heavy atom. The Morgan fingerprint density at radius 3 is 2.48 bits per heavy atom. The van der Waals surface area contributed by atoms with Crippen LogP contribution in [0.4, 0.5) is 18.9 Å². The molecule has 0 spiro atoms. The van der Waals surface area contributed by atoms with Gasteiger partial charge in [-0.3, -0.25) is 9.29 Å². The number of alkyl halides is 3. The van der Waals surface area contributed by atoms with Crippen LogP contribution in [0.1, 0.15) is 16.8 Å². The Balaban J connectivity index is 2.33. The van der Waals surface area contributed by atoms with E-state index in [2.05, 4.69) is 4.98 Å². The van der Waals surface area contributed by atoms with Crippen molar-refractivity contribution in [3.63, 3.8) is 0 Å². The molecule has 0 bridgehead atoms. The van der Waals surface area contributed by atoms with Crippen LogP contribution in [0, 0.1) is 6.92 Å². The molecule has 1 aliphatic rings. The molecule has 1 aromatic carbocycles. The molecule has 0 saturated heterocycles. The summed E-state index contributed by atoms with van der Waals surface area (Å²) in [4.78, 5) is 3.29. The molecule has 1 aromatic heterocycles. The number of fused-ring (bicyclic) bond motifs is 1. The first kappa shape index (κ1) is 17.3. The van der Waals surface area contributed by atoms with E-state index in [9.17, 15) is 26.7 Å². The van der Waals surface area contributed by atoms with Crippen LogP contribution in [0.2, 0.25) is 0 Å². The molecule has 0 aliphatic carbocycles. The van der Waals surface area contributed by atoms with Gasteiger partial charge in [0.25, 0.3) is 10.0 Å². The molecule has 2 heterocycles. The highest BCUT2D eigenvalue weighted by molar-refractivity contribution is 8.02. The van der Waals surface area contributed by atoms with E-state index in [0.29, 0.717) is 5.56 Å². The third kappa shape index (κ3) is 2.95. The number of aryl methyl sites for hydroxylation is 1. The van der Waals surface area contributed by atoms with Crippen LogP contribution in [0.5, 0.6) is 0 Å². The third-order valence-electron chi connectivity index (χ3n) is 3.76. The molecule has 5 nitrogen and oxygen atoms in total. The predicted octanol–water partition coefficient (Wildman–Crippen LogP) is 3.49. The van der Waals surface area contributed by atoms with Crippen LogP contribution in [0.25, 0.3) is 10.7 Å². The van der Waals surface area contributed by atoms with Gasteiger partial charge in [-0.15, -0.1) is 0 Å². The Hall–Kier alpha value is -2.55. The summed E-state index contributed by atoms with van der Waals surface area (Å²) in [6.45, 7) is -0.107. The Kier molecular flexibility index (Phi) is 3.98. The van der Waals surface area contributed by atoms with Crippen molar-refractivity contribution in [1.82, 2.24) is 4.98 Å². The lowest BCUT2D eigenvalue weighted by atomic mass is 10.1. The zero-order valence-corrected chi connectivity index (χ0v) is 13.8. The van der Waals surface area contributed by atoms with Gasteiger partial charge in [-0.05, 0) is 24.6 Å². The summed E-state index contributed by atoms with van der Waals surface area (Å²) in [6.07, 6.45) is -3.49. The topological polar surface area (TPSA) is 70.5 Å². The number of anilines is 1. The zero-order chi connectivity index (χ0) is 18.4. The van der Waals surface area contributed by atoms with Gasteiger partial charge in [0, 0.05) is 11.8 Å². The van der Waals surface area contributed by atoms with Crippen LogP contribution >= 0.6 is 0 Å². The number of benzene rings is 1. The van der Waals surface area contributed by atoms with Crippen LogP contribution in [-0.2, 0) is 10.0 Å². The number of aliphatic hydroxyl groups excluding tert-OH is 1. The van der Waals surface area contributed by atoms with Crippen molar-refractivity contribution >= 4 is 26.4 Å². The van der Waals surface area contributed by atoms with Crippen molar-refractivity contribution in [1.29, 1.82) is 0 Å². The predicted molar refractivity (Wildman–Crippen MR) is 87.2 cm³/mol. The molecule has 0 radical (unpaired) electrons. The largest absolute Gasteiger partial charge is 0.504 e. The maximum Gasteiger partial charge on any atom is 0.407 e. The second-order valence-electron chi connectivity index (χ2n) is 5.49. The molecule has 3 rings (SSSR count). The molecule has 0 unspecified atom stereocenters. The third-order valence-corrected chi connectivity index (χ3v) is 5.59. The summed E-state index contributed by atoms with van der Waals surface area (Å²) in [5, 5.41) is 10.5. The Morgan fingerprint density at radius 2 is 1.84 bits per heavy atom.